The molecule has 1 saturated heterocycles. The summed E-state index contributed by atoms with van der Waals surface area (Å²) in [6, 6.07) is 0. The maximum absolute atomic E-state index is 10.4. The number of carbonyl (C=O) groups is 1. The van der Waals surface area contributed by atoms with Crippen LogP contribution in [0.5, 0.6) is 0 Å². The number of halogens is 1. The minimum atomic E-state index is -0.788. The van der Waals surface area contributed by atoms with Crippen molar-refractivity contribution < 1.29 is 9.90 Å². The molecule has 0 aromatic rings. The van der Waals surface area contributed by atoms with Crippen molar-refractivity contribution in [2.75, 3.05) is 18.4 Å². The minimum Gasteiger partial charge on any atom is -0.465 e. The summed E-state index contributed by atoms with van der Waals surface area (Å²) in [6.07, 6.45) is 0.209. The average molecular weight is 208 g/mol. The van der Waals surface area contributed by atoms with Crippen LogP contribution in [-0.2, 0) is 0 Å². The fourth-order valence-corrected chi connectivity index (χ4v) is 1.66. The lowest BCUT2D eigenvalue weighted by Gasteiger charge is -2.09. The van der Waals surface area contributed by atoms with Crippen molar-refractivity contribution in [1.29, 1.82) is 0 Å². The van der Waals surface area contributed by atoms with E-state index in [9.17, 15) is 4.79 Å². The Balaban J connectivity index is 2.35. The molecule has 1 aliphatic heterocycles. The SMILES string of the molecule is O=C(O)N1CC[C@H](CBr)C1. The normalized spacial score (nSPS) is 25.3. The lowest BCUT2D eigenvalue weighted by molar-refractivity contribution is 0.154. The van der Waals surface area contributed by atoms with Crippen LogP contribution in [0.25, 0.3) is 0 Å². The summed E-state index contributed by atoms with van der Waals surface area (Å²) < 4.78 is 0. The highest BCUT2D eigenvalue weighted by Gasteiger charge is 2.24. The third kappa shape index (κ3) is 1.62. The Morgan fingerprint density at radius 1 is 1.80 bits per heavy atom. The third-order valence-electron chi connectivity index (χ3n) is 1.77. The third-order valence-corrected chi connectivity index (χ3v) is 2.69. The molecular formula is C6H10BrNO2. The lowest BCUT2D eigenvalue weighted by Crippen LogP contribution is -2.26. The van der Waals surface area contributed by atoms with Gasteiger partial charge in [-0.1, -0.05) is 15.9 Å². The maximum Gasteiger partial charge on any atom is 0.407 e. The van der Waals surface area contributed by atoms with Gasteiger partial charge >= 0.3 is 6.09 Å². The molecule has 1 rings (SSSR count). The van der Waals surface area contributed by atoms with E-state index < -0.39 is 6.09 Å². The quantitative estimate of drug-likeness (QED) is 0.661. The molecule has 0 bridgehead atoms. The molecular weight excluding hydrogens is 198 g/mol. The van der Waals surface area contributed by atoms with Crippen LogP contribution >= 0.6 is 15.9 Å². The highest BCUT2D eigenvalue weighted by molar-refractivity contribution is 9.09. The summed E-state index contributed by atoms with van der Waals surface area (Å²) in [4.78, 5) is 11.8. The number of alkyl halides is 1. The standard InChI is InChI=1S/C6H10BrNO2/c7-3-5-1-2-8(4-5)6(9)10/h5H,1-4H2,(H,9,10)/t5-/m1/s1. The summed E-state index contributed by atoms with van der Waals surface area (Å²) >= 11 is 3.33. The highest BCUT2D eigenvalue weighted by Crippen LogP contribution is 2.17. The van der Waals surface area contributed by atoms with E-state index in [1.807, 2.05) is 0 Å². The van der Waals surface area contributed by atoms with Crippen LogP contribution in [0.4, 0.5) is 4.79 Å². The van der Waals surface area contributed by atoms with E-state index in [1.54, 1.807) is 0 Å². The first kappa shape index (κ1) is 7.85. The Labute approximate surface area is 68.1 Å². The van der Waals surface area contributed by atoms with Gasteiger partial charge in [-0.2, -0.15) is 0 Å². The maximum atomic E-state index is 10.4. The van der Waals surface area contributed by atoms with E-state index in [4.69, 9.17) is 5.11 Å². The number of likely N-dealkylation sites (tertiary alicyclic amines) is 1. The second-order valence-electron chi connectivity index (χ2n) is 2.54. The average Bonchev–Trinajstić information content (AvgIpc) is 2.34. The van der Waals surface area contributed by atoms with E-state index in [0.717, 1.165) is 11.8 Å². The smallest absolute Gasteiger partial charge is 0.407 e. The topological polar surface area (TPSA) is 40.5 Å². The van der Waals surface area contributed by atoms with Gasteiger partial charge in [-0.3, -0.25) is 0 Å². The fraction of sp³-hybridized carbons (Fsp3) is 0.833. The Morgan fingerprint density at radius 2 is 2.50 bits per heavy atom. The summed E-state index contributed by atoms with van der Waals surface area (Å²) in [5.74, 6) is 0.524. The van der Waals surface area contributed by atoms with E-state index >= 15 is 0 Å². The molecule has 4 heteroatoms. The summed E-state index contributed by atoms with van der Waals surface area (Å²) in [5.41, 5.74) is 0. The molecule has 0 unspecified atom stereocenters. The molecule has 1 atom stereocenters. The fourth-order valence-electron chi connectivity index (χ4n) is 1.13. The predicted molar refractivity (Wildman–Crippen MR) is 41.5 cm³/mol. The zero-order chi connectivity index (χ0) is 7.56. The van der Waals surface area contributed by atoms with Crippen LogP contribution in [0, 0.1) is 5.92 Å². The van der Waals surface area contributed by atoms with Gasteiger partial charge in [-0.15, -0.1) is 0 Å². The van der Waals surface area contributed by atoms with Crippen LogP contribution in [0.2, 0.25) is 0 Å². The summed E-state index contributed by atoms with van der Waals surface area (Å²) in [5, 5.41) is 9.45. The Morgan fingerprint density at radius 3 is 2.80 bits per heavy atom. The van der Waals surface area contributed by atoms with Crippen molar-refractivity contribution in [3.63, 3.8) is 0 Å². The van der Waals surface area contributed by atoms with Gasteiger partial charge in [0.2, 0.25) is 0 Å². The van der Waals surface area contributed by atoms with Crippen LogP contribution in [0.1, 0.15) is 6.42 Å². The molecule has 1 fully saturated rings. The number of hydrogen-bond donors (Lipinski definition) is 1. The first-order valence-electron chi connectivity index (χ1n) is 3.28. The minimum absolute atomic E-state index is 0.524. The van der Waals surface area contributed by atoms with Crippen LogP contribution in [0.3, 0.4) is 0 Å². The molecule has 58 valence electrons. The van der Waals surface area contributed by atoms with E-state index in [1.165, 1.54) is 4.90 Å². The van der Waals surface area contributed by atoms with Crippen molar-refractivity contribution in [2.45, 2.75) is 6.42 Å². The second-order valence-corrected chi connectivity index (χ2v) is 3.19. The van der Waals surface area contributed by atoms with Gasteiger partial charge in [0.15, 0.2) is 0 Å². The molecule has 0 radical (unpaired) electrons. The number of amides is 1. The molecule has 0 aromatic heterocycles. The zero-order valence-electron chi connectivity index (χ0n) is 5.59. The summed E-state index contributed by atoms with van der Waals surface area (Å²) in [7, 11) is 0. The Bertz CT molecular complexity index is 140. The van der Waals surface area contributed by atoms with Gasteiger partial charge in [-0.05, 0) is 12.3 Å². The van der Waals surface area contributed by atoms with E-state index in [0.29, 0.717) is 19.0 Å². The number of nitrogens with zero attached hydrogens (tertiary/aromatic N) is 1. The predicted octanol–water partition coefficient (Wildman–Crippen LogP) is 1.38. The van der Waals surface area contributed by atoms with Crippen LogP contribution in [0.15, 0.2) is 0 Å². The van der Waals surface area contributed by atoms with E-state index in [-0.39, 0.29) is 0 Å². The zero-order valence-corrected chi connectivity index (χ0v) is 7.17. The molecule has 1 aliphatic rings. The van der Waals surface area contributed by atoms with Gasteiger partial charge in [-0.25, -0.2) is 4.79 Å². The Kier molecular flexibility index (Phi) is 2.54. The Hall–Kier alpha value is -0.250. The van der Waals surface area contributed by atoms with Gasteiger partial charge in [0.25, 0.3) is 0 Å². The summed E-state index contributed by atoms with van der Waals surface area (Å²) in [6.45, 7) is 1.40. The number of carboxylic acid groups (broad SMARTS) is 1. The number of hydrogen-bond acceptors (Lipinski definition) is 1. The molecule has 10 heavy (non-hydrogen) atoms. The molecule has 0 spiro atoms. The molecule has 0 aromatic carbocycles. The molecule has 1 heterocycles. The molecule has 0 aliphatic carbocycles. The van der Waals surface area contributed by atoms with Gasteiger partial charge in [0.1, 0.15) is 0 Å². The first-order chi connectivity index (χ1) is 4.74. The lowest BCUT2D eigenvalue weighted by atomic mass is 10.2. The van der Waals surface area contributed by atoms with Gasteiger partial charge in [0.05, 0.1) is 0 Å². The molecule has 0 saturated carbocycles. The van der Waals surface area contributed by atoms with Crippen molar-refractivity contribution in [2.24, 2.45) is 5.92 Å². The van der Waals surface area contributed by atoms with Crippen molar-refractivity contribution in [1.82, 2.24) is 4.90 Å². The number of rotatable bonds is 1. The monoisotopic (exact) mass is 207 g/mol. The van der Waals surface area contributed by atoms with Crippen molar-refractivity contribution >= 4 is 22.0 Å². The molecule has 1 N–H and O–H groups in total. The van der Waals surface area contributed by atoms with Crippen LogP contribution < -0.4 is 0 Å². The van der Waals surface area contributed by atoms with E-state index in [2.05, 4.69) is 15.9 Å². The molecule has 1 amide bonds. The van der Waals surface area contributed by atoms with Gasteiger partial charge in [0, 0.05) is 18.4 Å². The van der Waals surface area contributed by atoms with Crippen molar-refractivity contribution in [3.05, 3.63) is 0 Å². The first-order valence-corrected chi connectivity index (χ1v) is 4.40. The van der Waals surface area contributed by atoms with Crippen LogP contribution in [-0.4, -0.2) is 34.5 Å². The largest absolute Gasteiger partial charge is 0.465 e. The second kappa shape index (κ2) is 3.23. The molecule has 3 nitrogen and oxygen atoms in total. The van der Waals surface area contributed by atoms with Gasteiger partial charge < -0.3 is 10.0 Å². The van der Waals surface area contributed by atoms with Crippen molar-refractivity contribution in [3.8, 4) is 0 Å². The highest BCUT2D eigenvalue weighted by atomic mass is 79.9.